The second-order valence-corrected chi connectivity index (χ2v) is 8.04. The Morgan fingerprint density at radius 3 is 2.21 bits per heavy atom. The summed E-state index contributed by atoms with van der Waals surface area (Å²) in [4.78, 5) is 36.7. The number of hydrogen-bond acceptors (Lipinski definition) is 8. The van der Waals surface area contributed by atoms with Crippen molar-refractivity contribution in [1.29, 1.82) is 0 Å². The van der Waals surface area contributed by atoms with Crippen LogP contribution >= 0.6 is 0 Å². The number of benzene rings is 1. The number of sulfonamides is 1. The van der Waals surface area contributed by atoms with Crippen LogP contribution in [-0.4, -0.2) is 67.4 Å². The predicted octanol–water partition coefficient (Wildman–Crippen LogP) is 0.0181. The minimum atomic E-state index is -3.85. The number of esters is 1. The lowest BCUT2D eigenvalue weighted by atomic mass is 10.2. The number of amides is 1. The molecule has 154 valence electrons. The molecule has 3 rings (SSSR count). The lowest BCUT2D eigenvalue weighted by Gasteiger charge is -2.35. The highest BCUT2D eigenvalue weighted by Gasteiger charge is 2.28. The van der Waals surface area contributed by atoms with Crippen molar-refractivity contribution < 1.29 is 22.7 Å². The molecule has 0 bridgehead atoms. The van der Waals surface area contributed by atoms with Gasteiger partial charge in [-0.1, -0.05) is 0 Å². The van der Waals surface area contributed by atoms with Crippen molar-refractivity contribution >= 4 is 27.8 Å². The van der Waals surface area contributed by atoms with E-state index in [-0.39, 0.29) is 16.4 Å². The highest BCUT2D eigenvalue weighted by Crippen LogP contribution is 2.14. The van der Waals surface area contributed by atoms with Crippen LogP contribution in [0.1, 0.15) is 17.3 Å². The fraction of sp³-hybridized carbons (Fsp3) is 0.333. The molecule has 0 aliphatic carbocycles. The quantitative estimate of drug-likeness (QED) is 0.670. The normalized spacial score (nSPS) is 15.7. The largest absolute Gasteiger partial charge is 0.449 e. The summed E-state index contributed by atoms with van der Waals surface area (Å²) in [6, 6.07) is 6.74. The highest BCUT2D eigenvalue weighted by atomic mass is 32.2. The third-order valence-electron chi connectivity index (χ3n) is 4.48. The predicted molar refractivity (Wildman–Crippen MR) is 104 cm³/mol. The number of anilines is 1. The molecule has 1 aliphatic heterocycles. The molecular formula is C18H21N5O5S. The summed E-state index contributed by atoms with van der Waals surface area (Å²) in [6.45, 7) is 3.58. The van der Waals surface area contributed by atoms with Gasteiger partial charge in [0.1, 0.15) is 0 Å². The van der Waals surface area contributed by atoms with Gasteiger partial charge in [0.05, 0.1) is 10.5 Å². The monoisotopic (exact) mass is 419 g/mol. The van der Waals surface area contributed by atoms with E-state index >= 15 is 0 Å². The first-order valence-corrected chi connectivity index (χ1v) is 10.4. The molecule has 1 aliphatic rings. The Kier molecular flexibility index (Phi) is 6.09. The molecule has 10 nitrogen and oxygen atoms in total. The van der Waals surface area contributed by atoms with Crippen LogP contribution in [0.2, 0.25) is 0 Å². The van der Waals surface area contributed by atoms with Crippen molar-refractivity contribution in [3.05, 3.63) is 48.3 Å². The van der Waals surface area contributed by atoms with Gasteiger partial charge in [0.25, 0.3) is 5.91 Å². The molecule has 1 saturated heterocycles. The number of nitrogens with zero attached hydrogens (tertiary/aromatic N) is 4. The summed E-state index contributed by atoms with van der Waals surface area (Å²) in [5.74, 6) is -0.404. The first kappa shape index (κ1) is 20.7. The van der Waals surface area contributed by atoms with Gasteiger partial charge in [0, 0.05) is 38.6 Å². The van der Waals surface area contributed by atoms with E-state index in [2.05, 4.69) is 9.97 Å². The van der Waals surface area contributed by atoms with Crippen molar-refractivity contribution in [3.63, 3.8) is 0 Å². The Morgan fingerprint density at radius 1 is 1.07 bits per heavy atom. The second-order valence-electron chi connectivity index (χ2n) is 6.48. The molecular weight excluding hydrogens is 398 g/mol. The maximum absolute atomic E-state index is 12.6. The van der Waals surface area contributed by atoms with E-state index < -0.39 is 22.1 Å². The number of nitrogens with two attached hydrogens (primary N) is 1. The summed E-state index contributed by atoms with van der Waals surface area (Å²) in [5.41, 5.74) is 0.128. The van der Waals surface area contributed by atoms with E-state index in [0.717, 1.165) is 0 Å². The second kappa shape index (κ2) is 8.53. The molecule has 11 heteroatoms. The molecule has 0 saturated carbocycles. The Hall–Kier alpha value is -3.05. The van der Waals surface area contributed by atoms with Crippen LogP contribution in [0.3, 0.4) is 0 Å². The number of carbonyl (C=O) groups excluding carboxylic acids is 2. The van der Waals surface area contributed by atoms with Crippen molar-refractivity contribution in [2.24, 2.45) is 5.14 Å². The minimum absolute atomic E-state index is 0.113. The van der Waals surface area contributed by atoms with Gasteiger partial charge in [-0.2, -0.15) is 0 Å². The van der Waals surface area contributed by atoms with E-state index in [1.165, 1.54) is 31.2 Å². The van der Waals surface area contributed by atoms with Crippen LogP contribution in [-0.2, 0) is 19.6 Å². The Balaban J connectivity index is 1.54. The van der Waals surface area contributed by atoms with Crippen LogP contribution in [0.25, 0.3) is 0 Å². The molecule has 1 unspecified atom stereocenters. The fourth-order valence-electron chi connectivity index (χ4n) is 2.90. The lowest BCUT2D eigenvalue weighted by Crippen LogP contribution is -2.52. The number of hydrogen-bond donors (Lipinski definition) is 1. The lowest BCUT2D eigenvalue weighted by molar-refractivity contribution is -0.140. The maximum Gasteiger partial charge on any atom is 0.338 e. The molecule has 1 atom stereocenters. The summed E-state index contributed by atoms with van der Waals surface area (Å²) < 4.78 is 27.8. The Bertz CT molecular complexity index is 973. The summed E-state index contributed by atoms with van der Waals surface area (Å²) in [6.07, 6.45) is 2.35. The summed E-state index contributed by atoms with van der Waals surface area (Å²) >= 11 is 0. The number of ether oxygens (including phenoxy) is 1. The SMILES string of the molecule is CC(OC(=O)c1ccc(S(N)(=O)=O)cc1)C(=O)N1CCN(c2ncccn2)CC1. The van der Waals surface area contributed by atoms with Crippen molar-refractivity contribution in [1.82, 2.24) is 14.9 Å². The highest BCUT2D eigenvalue weighted by molar-refractivity contribution is 7.89. The standard InChI is InChI=1S/C18H21N5O5S/c1-13(28-17(25)14-3-5-15(6-4-14)29(19,26)27)16(24)22-9-11-23(12-10-22)18-20-7-2-8-21-18/h2-8,13H,9-12H2,1H3,(H2,19,26,27). The third-order valence-corrected chi connectivity index (χ3v) is 5.41. The molecule has 29 heavy (non-hydrogen) atoms. The average Bonchev–Trinajstić information content (AvgIpc) is 2.73. The van der Waals surface area contributed by atoms with Gasteiger partial charge in [-0.3, -0.25) is 4.79 Å². The summed E-state index contributed by atoms with van der Waals surface area (Å²) in [7, 11) is -3.85. The molecule has 1 amide bonds. The van der Waals surface area contributed by atoms with E-state index in [4.69, 9.17) is 9.88 Å². The maximum atomic E-state index is 12.6. The first-order chi connectivity index (χ1) is 13.8. The molecule has 2 heterocycles. The van der Waals surface area contributed by atoms with Gasteiger partial charge in [-0.15, -0.1) is 0 Å². The number of aromatic nitrogens is 2. The van der Waals surface area contributed by atoms with Gasteiger partial charge >= 0.3 is 5.97 Å². The van der Waals surface area contributed by atoms with E-state index in [0.29, 0.717) is 32.1 Å². The van der Waals surface area contributed by atoms with Crippen molar-refractivity contribution in [2.45, 2.75) is 17.9 Å². The molecule has 2 N–H and O–H groups in total. The van der Waals surface area contributed by atoms with E-state index in [1.54, 1.807) is 23.4 Å². The molecule has 0 radical (unpaired) electrons. The van der Waals surface area contributed by atoms with Crippen LogP contribution in [0.15, 0.2) is 47.6 Å². The number of carbonyl (C=O) groups is 2. The Morgan fingerprint density at radius 2 is 1.66 bits per heavy atom. The fourth-order valence-corrected chi connectivity index (χ4v) is 3.41. The van der Waals surface area contributed by atoms with E-state index in [9.17, 15) is 18.0 Å². The zero-order valence-corrected chi connectivity index (χ0v) is 16.6. The molecule has 1 aromatic carbocycles. The number of piperazine rings is 1. The van der Waals surface area contributed by atoms with Crippen LogP contribution in [0.5, 0.6) is 0 Å². The van der Waals surface area contributed by atoms with Crippen LogP contribution in [0.4, 0.5) is 5.95 Å². The molecule has 1 aromatic heterocycles. The molecule has 2 aromatic rings. The molecule has 1 fully saturated rings. The zero-order valence-electron chi connectivity index (χ0n) is 15.8. The van der Waals surface area contributed by atoms with Gasteiger partial charge in [0.2, 0.25) is 16.0 Å². The van der Waals surface area contributed by atoms with Gasteiger partial charge in [0.15, 0.2) is 6.10 Å². The number of rotatable bonds is 5. The Labute approximate surface area is 168 Å². The van der Waals surface area contributed by atoms with Gasteiger partial charge in [-0.25, -0.2) is 28.3 Å². The van der Waals surface area contributed by atoms with Gasteiger partial charge < -0.3 is 14.5 Å². The average molecular weight is 419 g/mol. The smallest absolute Gasteiger partial charge is 0.338 e. The van der Waals surface area contributed by atoms with E-state index in [1.807, 2.05) is 4.90 Å². The van der Waals surface area contributed by atoms with Crippen LogP contribution < -0.4 is 10.0 Å². The minimum Gasteiger partial charge on any atom is -0.449 e. The van der Waals surface area contributed by atoms with Crippen molar-refractivity contribution in [2.75, 3.05) is 31.1 Å². The van der Waals surface area contributed by atoms with Crippen molar-refractivity contribution in [3.8, 4) is 0 Å². The number of primary sulfonamides is 1. The summed E-state index contributed by atoms with van der Waals surface area (Å²) in [5, 5.41) is 5.03. The topological polar surface area (TPSA) is 136 Å². The zero-order chi connectivity index (χ0) is 21.0. The van der Waals surface area contributed by atoms with Crippen LogP contribution in [0, 0.1) is 0 Å². The van der Waals surface area contributed by atoms with Gasteiger partial charge in [-0.05, 0) is 37.3 Å². The third kappa shape index (κ3) is 5.06. The first-order valence-electron chi connectivity index (χ1n) is 8.90. The molecule has 0 spiro atoms.